The summed E-state index contributed by atoms with van der Waals surface area (Å²) in [4.78, 5) is 0. The van der Waals surface area contributed by atoms with Crippen molar-refractivity contribution in [3.63, 3.8) is 0 Å². The maximum absolute atomic E-state index is 4.96. The molecule has 0 saturated carbocycles. The molecule has 0 atom stereocenters. The zero-order valence-corrected chi connectivity index (χ0v) is 14.8. The van der Waals surface area contributed by atoms with E-state index < -0.39 is 0 Å². The first-order valence-corrected chi connectivity index (χ1v) is 8.63. The number of rotatable bonds is 2. The molecule has 4 heteroatoms. The van der Waals surface area contributed by atoms with Crippen molar-refractivity contribution in [3.8, 4) is 16.9 Å². The third-order valence-corrected chi connectivity index (χ3v) is 5.28. The minimum Gasteiger partial charge on any atom is -0.369 e. The molecule has 1 aliphatic rings. The first-order valence-electron chi connectivity index (χ1n) is 7.84. The van der Waals surface area contributed by atoms with Crippen molar-refractivity contribution >= 4 is 21.7 Å². The SMILES string of the molecule is Cc1cccc(-n2nc(-c3ccccc3Br)c3c2NCC3)c1C. The van der Waals surface area contributed by atoms with Crippen molar-refractivity contribution in [1.82, 2.24) is 9.78 Å². The van der Waals surface area contributed by atoms with E-state index in [1.807, 2.05) is 6.07 Å². The largest absolute Gasteiger partial charge is 0.369 e. The Hall–Kier alpha value is -2.07. The van der Waals surface area contributed by atoms with Gasteiger partial charge in [0, 0.05) is 22.1 Å². The molecule has 116 valence electrons. The van der Waals surface area contributed by atoms with Crippen molar-refractivity contribution in [2.75, 3.05) is 11.9 Å². The van der Waals surface area contributed by atoms with Crippen LogP contribution in [0.3, 0.4) is 0 Å². The van der Waals surface area contributed by atoms with Crippen LogP contribution in [0.5, 0.6) is 0 Å². The van der Waals surface area contributed by atoms with Crippen LogP contribution in [0.1, 0.15) is 16.7 Å². The van der Waals surface area contributed by atoms with Gasteiger partial charge in [-0.3, -0.25) is 0 Å². The molecule has 1 N–H and O–H groups in total. The van der Waals surface area contributed by atoms with Gasteiger partial charge in [0.2, 0.25) is 0 Å². The second-order valence-corrected chi connectivity index (χ2v) is 6.82. The molecular weight excluding hydrogens is 350 g/mol. The summed E-state index contributed by atoms with van der Waals surface area (Å²) in [5, 5.41) is 8.47. The maximum atomic E-state index is 4.96. The number of anilines is 1. The lowest BCUT2D eigenvalue weighted by molar-refractivity contribution is 0.873. The van der Waals surface area contributed by atoms with Gasteiger partial charge in [-0.1, -0.05) is 46.3 Å². The van der Waals surface area contributed by atoms with Crippen LogP contribution >= 0.6 is 15.9 Å². The monoisotopic (exact) mass is 367 g/mol. The standard InChI is InChI=1S/C19H18BrN3/c1-12-6-5-9-17(13(12)2)23-19-15(10-11-21-19)18(22-23)14-7-3-4-8-16(14)20/h3-9,21H,10-11H2,1-2H3. The molecule has 3 nitrogen and oxygen atoms in total. The number of nitrogens with one attached hydrogen (secondary N) is 1. The Balaban J connectivity index is 1.96. The van der Waals surface area contributed by atoms with Gasteiger partial charge in [-0.05, 0) is 43.5 Å². The molecule has 3 aromatic rings. The third-order valence-electron chi connectivity index (χ3n) is 4.58. The minimum atomic E-state index is 0.968. The molecule has 1 aromatic heterocycles. The Morgan fingerprint density at radius 1 is 1.09 bits per heavy atom. The van der Waals surface area contributed by atoms with Gasteiger partial charge in [0.25, 0.3) is 0 Å². The summed E-state index contributed by atoms with van der Waals surface area (Å²) in [5.41, 5.74) is 7.22. The van der Waals surface area contributed by atoms with Crippen molar-refractivity contribution in [2.45, 2.75) is 20.3 Å². The van der Waals surface area contributed by atoms with E-state index in [9.17, 15) is 0 Å². The first-order chi connectivity index (χ1) is 11.2. The van der Waals surface area contributed by atoms with Gasteiger partial charge < -0.3 is 5.32 Å². The number of hydrogen-bond acceptors (Lipinski definition) is 2. The molecule has 2 heterocycles. The number of benzene rings is 2. The van der Waals surface area contributed by atoms with Gasteiger partial charge in [-0.2, -0.15) is 5.10 Å². The summed E-state index contributed by atoms with van der Waals surface area (Å²) in [6.45, 7) is 5.27. The highest BCUT2D eigenvalue weighted by molar-refractivity contribution is 9.10. The van der Waals surface area contributed by atoms with Gasteiger partial charge in [0.05, 0.1) is 11.4 Å². The lowest BCUT2D eigenvalue weighted by Gasteiger charge is -2.11. The van der Waals surface area contributed by atoms with E-state index in [-0.39, 0.29) is 0 Å². The van der Waals surface area contributed by atoms with E-state index >= 15 is 0 Å². The number of nitrogens with zero attached hydrogens (tertiary/aromatic N) is 2. The Bertz CT molecular complexity index is 896. The summed E-state index contributed by atoms with van der Waals surface area (Å²) in [6, 6.07) is 14.7. The topological polar surface area (TPSA) is 29.9 Å². The molecule has 0 saturated heterocycles. The number of halogens is 1. The van der Waals surface area contributed by atoms with E-state index in [4.69, 9.17) is 5.10 Å². The van der Waals surface area contributed by atoms with Gasteiger partial charge in [0.15, 0.2) is 0 Å². The van der Waals surface area contributed by atoms with Gasteiger partial charge in [0.1, 0.15) is 5.82 Å². The van der Waals surface area contributed by atoms with Crippen LogP contribution in [0.4, 0.5) is 5.82 Å². The predicted octanol–water partition coefficient (Wildman–Crippen LogP) is 4.89. The zero-order valence-electron chi connectivity index (χ0n) is 13.2. The fraction of sp³-hybridized carbons (Fsp3) is 0.211. The average Bonchev–Trinajstić information content (AvgIpc) is 3.13. The fourth-order valence-corrected chi connectivity index (χ4v) is 3.66. The van der Waals surface area contributed by atoms with Gasteiger partial charge in [-0.15, -0.1) is 0 Å². The van der Waals surface area contributed by atoms with Crippen LogP contribution in [-0.2, 0) is 6.42 Å². The normalized spacial score (nSPS) is 13.0. The van der Waals surface area contributed by atoms with Crippen LogP contribution < -0.4 is 5.32 Å². The zero-order chi connectivity index (χ0) is 16.0. The Morgan fingerprint density at radius 2 is 1.91 bits per heavy atom. The van der Waals surface area contributed by atoms with Crippen LogP contribution in [0.2, 0.25) is 0 Å². The van der Waals surface area contributed by atoms with Crippen LogP contribution in [0.25, 0.3) is 16.9 Å². The molecule has 0 unspecified atom stereocenters. The summed E-state index contributed by atoms with van der Waals surface area (Å²) in [5.74, 6) is 1.13. The smallest absolute Gasteiger partial charge is 0.133 e. The van der Waals surface area contributed by atoms with E-state index in [0.29, 0.717) is 0 Å². The second kappa shape index (κ2) is 5.53. The Kier molecular flexibility index (Phi) is 3.49. The Labute approximate surface area is 144 Å². The molecule has 0 aliphatic carbocycles. The maximum Gasteiger partial charge on any atom is 0.133 e. The number of aromatic nitrogens is 2. The molecule has 0 bridgehead atoms. The molecule has 0 radical (unpaired) electrons. The van der Waals surface area contributed by atoms with Crippen molar-refractivity contribution in [1.29, 1.82) is 0 Å². The minimum absolute atomic E-state index is 0.968. The average molecular weight is 368 g/mol. The van der Waals surface area contributed by atoms with Gasteiger partial charge in [-0.25, -0.2) is 4.68 Å². The second-order valence-electron chi connectivity index (χ2n) is 5.96. The van der Waals surface area contributed by atoms with Gasteiger partial charge >= 0.3 is 0 Å². The molecule has 0 spiro atoms. The lowest BCUT2D eigenvalue weighted by atomic mass is 10.1. The molecule has 2 aromatic carbocycles. The van der Waals surface area contributed by atoms with E-state index in [0.717, 1.165) is 40.2 Å². The number of hydrogen-bond donors (Lipinski definition) is 1. The molecular formula is C19H18BrN3. The Morgan fingerprint density at radius 3 is 2.74 bits per heavy atom. The summed E-state index contributed by atoms with van der Waals surface area (Å²) in [6.07, 6.45) is 1.01. The number of aryl methyl sites for hydroxylation is 1. The van der Waals surface area contributed by atoms with Crippen LogP contribution in [-0.4, -0.2) is 16.3 Å². The molecule has 0 amide bonds. The van der Waals surface area contributed by atoms with E-state index in [2.05, 4.69) is 76.2 Å². The van der Waals surface area contributed by atoms with E-state index in [1.165, 1.54) is 16.7 Å². The quantitative estimate of drug-likeness (QED) is 0.698. The first kappa shape index (κ1) is 14.5. The summed E-state index contributed by atoms with van der Waals surface area (Å²) < 4.78 is 3.15. The lowest BCUT2D eigenvalue weighted by Crippen LogP contribution is -2.06. The third kappa shape index (κ3) is 2.29. The summed E-state index contributed by atoms with van der Waals surface area (Å²) in [7, 11) is 0. The predicted molar refractivity (Wildman–Crippen MR) is 98.4 cm³/mol. The molecule has 1 aliphatic heterocycles. The highest BCUT2D eigenvalue weighted by atomic mass is 79.9. The fourth-order valence-electron chi connectivity index (χ4n) is 3.18. The molecule has 23 heavy (non-hydrogen) atoms. The van der Waals surface area contributed by atoms with Crippen LogP contribution in [0, 0.1) is 13.8 Å². The van der Waals surface area contributed by atoms with Crippen molar-refractivity contribution in [2.24, 2.45) is 0 Å². The van der Waals surface area contributed by atoms with Crippen molar-refractivity contribution < 1.29 is 0 Å². The highest BCUT2D eigenvalue weighted by Gasteiger charge is 2.25. The van der Waals surface area contributed by atoms with Crippen molar-refractivity contribution in [3.05, 3.63) is 63.6 Å². The summed E-state index contributed by atoms with van der Waals surface area (Å²) >= 11 is 3.66. The van der Waals surface area contributed by atoms with Crippen LogP contribution in [0.15, 0.2) is 46.9 Å². The number of fused-ring (bicyclic) bond motifs is 1. The van der Waals surface area contributed by atoms with E-state index in [1.54, 1.807) is 0 Å². The molecule has 0 fully saturated rings. The highest BCUT2D eigenvalue weighted by Crippen LogP contribution is 2.38. The molecule has 4 rings (SSSR count).